The fourth-order valence-corrected chi connectivity index (χ4v) is 10.00. The van der Waals surface area contributed by atoms with E-state index in [0.717, 1.165) is 189 Å². The largest absolute Gasteiger partial charge is 0.397 e. The van der Waals surface area contributed by atoms with Crippen molar-refractivity contribution in [3.63, 3.8) is 0 Å². The van der Waals surface area contributed by atoms with Gasteiger partial charge in [-0.25, -0.2) is 9.97 Å². The zero-order valence-corrected chi connectivity index (χ0v) is 42.4. The maximum atomic E-state index is 6.41. The number of benzene rings is 4. The predicted octanol–water partition coefficient (Wildman–Crippen LogP) is 10.2. The number of hydrogen-bond acceptors (Lipinski definition) is 14. The van der Waals surface area contributed by atoms with Crippen LogP contribution in [0.5, 0.6) is 0 Å². The molecule has 0 atom stereocenters. The number of halogens is 1. The average Bonchev–Trinajstić information content (AvgIpc) is 3.46. The number of pyridine rings is 4. The Bertz CT molecular complexity index is 3110. The number of morpholine rings is 4. The van der Waals surface area contributed by atoms with E-state index in [-0.39, 0.29) is 0 Å². The quantitative estimate of drug-likeness (QED) is 0.140. The van der Waals surface area contributed by atoms with Crippen LogP contribution in [-0.4, -0.2) is 125 Å². The summed E-state index contributed by atoms with van der Waals surface area (Å²) in [6.07, 6.45) is 3.58. The number of fused-ring (bicyclic) bond motifs is 2. The maximum absolute atomic E-state index is 6.41. The Morgan fingerprint density at radius 2 is 0.918 bits per heavy atom. The third kappa shape index (κ3) is 11.6. The van der Waals surface area contributed by atoms with Gasteiger partial charge in [-0.1, -0.05) is 60.1 Å². The molecule has 4 aliphatic rings. The summed E-state index contributed by atoms with van der Waals surface area (Å²) >= 11 is 6.41. The number of rotatable bonds is 8. The van der Waals surface area contributed by atoms with Crippen LogP contribution in [-0.2, 0) is 18.9 Å². The van der Waals surface area contributed by atoms with E-state index >= 15 is 0 Å². The smallest absolute Gasteiger partial charge is 0.0943 e. The van der Waals surface area contributed by atoms with E-state index in [9.17, 15) is 0 Å². The van der Waals surface area contributed by atoms with Gasteiger partial charge in [0.2, 0.25) is 0 Å². The van der Waals surface area contributed by atoms with Crippen molar-refractivity contribution in [2.24, 2.45) is 0 Å². The Morgan fingerprint density at radius 1 is 0.479 bits per heavy atom. The molecule has 0 spiro atoms. The van der Waals surface area contributed by atoms with Gasteiger partial charge >= 0.3 is 0 Å². The van der Waals surface area contributed by atoms with E-state index in [1.165, 1.54) is 17.1 Å². The third-order valence-corrected chi connectivity index (χ3v) is 14.2. The van der Waals surface area contributed by atoms with E-state index in [0.29, 0.717) is 0 Å². The van der Waals surface area contributed by atoms with Gasteiger partial charge in [0.25, 0.3) is 0 Å². The van der Waals surface area contributed by atoms with Gasteiger partial charge in [0.05, 0.1) is 120 Å². The van der Waals surface area contributed by atoms with E-state index in [4.69, 9.17) is 41.3 Å². The third-order valence-electron chi connectivity index (χ3n) is 13.7. The SMILES string of the molecule is Cc1c(-c2ccccn2)nc2ccccc2c1Cl.Cc1c(-c2ccccn2)nc2ccccc2c1Nc1cc(N2CCOCC2)ccc1N1CCOCC1.Nc1cc(N2CCOCC2)ccc1N1CCOCC1. The number of para-hydroxylation sites is 2. The van der Waals surface area contributed by atoms with Crippen molar-refractivity contribution in [2.45, 2.75) is 13.8 Å². The van der Waals surface area contributed by atoms with Gasteiger partial charge in [0.15, 0.2) is 0 Å². The van der Waals surface area contributed by atoms with Crippen LogP contribution in [0, 0.1) is 13.8 Å². The molecule has 4 saturated heterocycles. The van der Waals surface area contributed by atoms with E-state index in [1.807, 2.05) is 79.9 Å². The van der Waals surface area contributed by atoms with Crippen LogP contribution in [0.2, 0.25) is 5.02 Å². The molecule has 3 N–H and O–H groups in total. The van der Waals surface area contributed by atoms with Crippen LogP contribution in [0.4, 0.5) is 39.8 Å². The molecule has 4 aromatic heterocycles. The summed E-state index contributed by atoms with van der Waals surface area (Å²) in [6.45, 7) is 17.5. The first-order valence-corrected chi connectivity index (χ1v) is 25.7. The minimum atomic E-state index is 0.742. The summed E-state index contributed by atoms with van der Waals surface area (Å²) in [5.74, 6) is 0. The van der Waals surface area contributed by atoms with Gasteiger partial charge in [0, 0.05) is 92.5 Å². The monoisotopic (exact) mass is 998 g/mol. The van der Waals surface area contributed by atoms with Gasteiger partial charge in [-0.15, -0.1) is 0 Å². The fourth-order valence-electron chi connectivity index (χ4n) is 9.75. The molecule has 0 aliphatic carbocycles. The van der Waals surface area contributed by atoms with Crippen LogP contribution < -0.4 is 30.7 Å². The highest BCUT2D eigenvalue weighted by Gasteiger charge is 2.22. The summed E-state index contributed by atoms with van der Waals surface area (Å²) in [5, 5.41) is 6.69. The molecule has 8 aromatic rings. The van der Waals surface area contributed by atoms with E-state index in [1.54, 1.807) is 6.20 Å². The Balaban J connectivity index is 0.000000139. The number of hydrogen-bond donors (Lipinski definition) is 2. The number of nitrogens with zero attached hydrogens (tertiary/aromatic N) is 8. The second-order valence-corrected chi connectivity index (χ2v) is 18.7. The number of nitrogen functional groups attached to an aromatic ring is 1. The molecule has 8 heterocycles. The Kier molecular flexibility index (Phi) is 16.0. The summed E-state index contributed by atoms with van der Waals surface area (Å²) < 4.78 is 22.0. The van der Waals surface area contributed by atoms with Crippen LogP contribution in [0.25, 0.3) is 44.6 Å². The molecule has 15 heteroatoms. The van der Waals surface area contributed by atoms with Crippen LogP contribution in [0.3, 0.4) is 0 Å². The molecule has 73 heavy (non-hydrogen) atoms. The van der Waals surface area contributed by atoms with Crippen molar-refractivity contribution in [3.8, 4) is 22.8 Å². The first-order valence-electron chi connectivity index (χ1n) is 25.3. The summed E-state index contributed by atoms with van der Waals surface area (Å²) in [6, 6.07) is 41.1. The van der Waals surface area contributed by atoms with Gasteiger partial charge in [-0.3, -0.25) is 9.97 Å². The lowest BCUT2D eigenvalue weighted by atomic mass is 10.0. The molecule has 0 bridgehead atoms. The van der Waals surface area contributed by atoms with Crippen molar-refractivity contribution in [2.75, 3.05) is 136 Å². The number of ether oxygens (including phenoxy) is 4. The Morgan fingerprint density at radius 3 is 1.44 bits per heavy atom. The molecule has 376 valence electrons. The molecule has 4 fully saturated rings. The Hall–Kier alpha value is -7.07. The van der Waals surface area contributed by atoms with Crippen molar-refractivity contribution < 1.29 is 18.9 Å². The molecule has 0 radical (unpaired) electrons. The second kappa shape index (κ2) is 23.6. The topological polar surface area (TPSA) is 139 Å². The highest BCUT2D eigenvalue weighted by atomic mass is 35.5. The number of nitrogens with one attached hydrogen (secondary N) is 1. The van der Waals surface area contributed by atoms with Gasteiger partial charge < -0.3 is 49.6 Å². The molecule has 12 rings (SSSR count). The van der Waals surface area contributed by atoms with E-state index in [2.05, 4.69) is 101 Å². The van der Waals surface area contributed by atoms with Gasteiger partial charge in [0.1, 0.15) is 0 Å². The summed E-state index contributed by atoms with van der Waals surface area (Å²) in [7, 11) is 0. The summed E-state index contributed by atoms with van der Waals surface area (Å²) in [4.78, 5) is 28.0. The summed E-state index contributed by atoms with van der Waals surface area (Å²) in [5.41, 5.74) is 21.3. The lowest BCUT2D eigenvalue weighted by molar-refractivity contribution is 0.122. The highest BCUT2D eigenvalue weighted by molar-refractivity contribution is 6.36. The Labute approximate surface area is 432 Å². The van der Waals surface area contributed by atoms with Crippen LogP contribution in [0.15, 0.2) is 134 Å². The predicted molar refractivity (Wildman–Crippen MR) is 297 cm³/mol. The zero-order chi connectivity index (χ0) is 49.9. The molecule has 4 aliphatic heterocycles. The fraction of sp³-hybridized carbons (Fsp3) is 0.310. The zero-order valence-electron chi connectivity index (χ0n) is 41.7. The van der Waals surface area contributed by atoms with Crippen molar-refractivity contribution >= 4 is 73.2 Å². The van der Waals surface area contributed by atoms with Crippen molar-refractivity contribution in [1.82, 2.24) is 19.9 Å². The van der Waals surface area contributed by atoms with Crippen molar-refractivity contribution in [1.29, 1.82) is 0 Å². The van der Waals surface area contributed by atoms with Gasteiger partial charge in [-0.05, 0) is 92.2 Å². The highest BCUT2D eigenvalue weighted by Crippen LogP contribution is 2.40. The standard InChI is InChI=1S/C29H31N5O2.C15H11ClN2.C14H21N3O2/c1-21-28(23-6-2-3-7-24(23)31-29(21)25-8-4-5-11-30-25)32-26-20-22(33-12-16-35-17-13-33)9-10-27(26)34-14-18-36-19-15-34;1-10-14(16)11-6-2-3-7-12(11)18-15(10)13-8-4-5-9-17-13;15-13-11-12(16-3-7-18-8-4-16)1-2-14(13)17-5-9-19-10-6-17/h2-11,20H,12-19H2,1H3,(H,31,32);2-9H,1H3;1-2,11H,3-10,15H2. The molecule has 14 nitrogen and oxygen atoms in total. The molecular weight excluding hydrogens is 936 g/mol. The average molecular weight is 1000 g/mol. The number of aromatic nitrogens is 4. The number of nitrogens with two attached hydrogens (primary N) is 1. The second-order valence-electron chi connectivity index (χ2n) is 18.3. The van der Waals surface area contributed by atoms with Crippen LogP contribution in [0.1, 0.15) is 11.1 Å². The first kappa shape index (κ1) is 49.5. The molecule has 0 saturated carbocycles. The minimum absolute atomic E-state index is 0.742. The normalized spacial score (nSPS) is 16.1. The van der Waals surface area contributed by atoms with Gasteiger partial charge in [-0.2, -0.15) is 0 Å². The maximum Gasteiger partial charge on any atom is 0.0943 e. The lowest BCUT2D eigenvalue weighted by Gasteiger charge is -2.33. The van der Waals surface area contributed by atoms with E-state index < -0.39 is 0 Å². The first-order chi connectivity index (χ1) is 35.9. The molecule has 0 amide bonds. The van der Waals surface area contributed by atoms with Crippen LogP contribution >= 0.6 is 11.6 Å². The molecule has 0 unspecified atom stereocenters. The number of anilines is 7. The minimum Gasteiger partial charge on any atom is -0.397 e. The molecular formula is C58H63ClN10O4. The lowest BCUT2D eigenvalue weighted by Crippen LogP contribution is -2.37. The molecule has 4 aromatic carbocycles. The van der Waals surface area contributed by atoms with Crippen molar-refractivity contribution in [3.05, 3.63) is 150 Å².